The van der Waals surface area contributed by atoms with Crippen LogP contribution in [0.4, 0.5) is 0 Å². The van der Waals surface area contributed by atoms with Crippen LogP contribution in [-0.4, -0.2) is 12.4 Å². The van der Waals surface area contributed by atoms with E-state index in [1.54, 1.807) is 0 Å². The first-order valence-corrected chi connectivity index (χ1v) is 4.79. The van der Waals surface area contributed by atoms with E-state index in [0.717, 1.165) is 24.7 Å². The zero-order valence-corrected chi connectivity index (χ0v) is 9.66. The van der Waals surface area contributed by atoms with Crippen LogP contribution in [0.5, 0.6) is 0 Å². The smallest absolute Gasteiger partial charge is 0.0937 e. The fraction of sp³-hybridized carbons (Fsp3) is 0.900. The molecule has 0 spiro atoms. The van der Waals surface area contributed by atoms with Crippen molar-refractivity contribution in [3.05, 3.63) is 0 Å². The Morgan fingerprint density at radius 1 is 1.31 bits per heavy atom. The highest BCUT2D eigenvalue weighted by molar-refractivity contribution is 5.85. The number of nitrogens with zero attached hydrogens (tertiary/aromatic N) is 1. The Balaban J connectivity index is 0.00000144. The van der Waals surface area contributed by atoms with Gasteiger partial charge in [0.05, 0.1) is 5.84 Å². The van der Waals surface area contributed by atoms with Crippen LogP contribution in [0.1, 0.15) is 40.0 Å². The van der Waals surface area contributed by atoms with E-state index in [2.05, 4.69) is 25.8 Å². The minimum atomic E-state index is 0. The van der Waals surface area contributed by atoms with Crippen molar-refractivity contribution in [2.45, 2.75) is 40.0 Å². The fourth-order valence-corrected chi connectivity index (χ4v) is 1.78. The Kier molecular flexibility index (Phi) is 4.76. The van der Waals surface area contributed by atoms with Crippen LogP contribution in [0.2, 0.25) is 0 Å². The Morgan fingerprint density at radius 3 is 2.46 bits per heavy atom. The summed E-state index contributed by atoms with van der Waals surface area (Å²) >= 11 is 0. The van der Waals surface area contributed by atoms with Gasteiger partial charge in [-0.25, -0.2) is 0 Å². The molecule has 0 saturated carbocycles. The first kappa shape index (κ1) is 12.8. The minimum Gasteiger partial charge on any atom is -0.387 e. The molecule has 3 heteroatoms. The first-order chi connectivity index (χ1) is 5.50. The Labute approximate surface area is 87.4 Å². The maximum atomic E-state index is 5.69. The van der Waals surface area contributed by atoms with Gasteiger partial charge in [0.2, 0.25) is 0 Å². The molecular weight excluding hydrogens is 184 g/mol. The van der Waals surface area contributed by atoms with Crippen LogP contribution in [0, 0.1) is 11.3 Å². The van der Waals surface area contributed by atoms with E-state index in [1.165, 1.54) is 12.8 Å². The van der Waals surface area contributed by atoms with Gasteiger partial charge in [0, 0.05) is 13.0 Å². The van der Waals surface area contributed by atoms with E-state index < -0.39 is 0 Å². The summed E-state index contributed by atoms with van der Waals surface area (Å²) in [6, 6.07) is 0. The van der Waals surface area contributed by atoms with E-state index in [9.17, 15) is 0 Å². The third kappa shape index (κ3) is 3.99. The Bertz CT molecular complexity index is 182. The molecule has 1 aliphatic rings. The summed E-state index contributed by atoms with van der Waals surface area (Å²) < 4.78 is 0. The molecule has 0 radical (unpaired) electrons. The summed E-state index contributed by atoms with van der Waals surface area (Å²) in [5.41, 5.74) is 6.11. The van der Waals surface area contributed by atoms with Gasteiger partial charge < -0.3 is 5.73 Å². The van der Waals surface area contributed by atoms with Crippen molar-refractivity contribution < 1.29 is 0 Å². The molecule has 0 aromatic carbocycles. The van der Waals surface area contributed by atoms with Gasteiger partial charge in [-0.1, -0.05) is 20.8 Å². The second-order valence-electron chi connectivity index (χ2n) is 4.76. The van der Waals surface area contributed by atoms with E-state index in [1.807, 2.05) is 0 Å². The van der Waals surface area contributed by atoms with Gasteiger partial charge in [0.1, 0.15) is 0 Å². The molecular formula is C10H21ClN2. The molecule has 0 saturated heterocycles. The normalized spacial score (nSPS) is 24.2. The largest absolute Gasteiger partial charge is 0.387 e. The second-order valence-corrected chi connectivity index (χ2v) is 4.76. The third-order valence-electron chi connectivity index (χ3n) is 2.77. The molecule has 0 aromatic heterocycles. The first-order valence-electron chi connectivity index (χ1n) is 4.79. The molecule has 0 aliphatic carbocycles. The highest BCUT2D eigenvalue weighted by Gasteiger charge is 2.25. The maximum Gasteiger partial charge on any atom is 0.0937 e. The summed E-state index contributed by atoms with van der Waals surface area (Å²) in [5, 5.41) is 0. The molecule has 1 aliphatic heterocycles. The van der Waals surface area contributed by atoms with Crippen LogP contribution >= 0.6 is 12.4 Å². The lowest BCUT2D eigenvalue weighted by atomic mass is 9.76. The average Bonchev–Trinajstić information content (AvgIpc) is 2.11. The third-order valence-corrected chi connectivity index (χ3v) is 2.77. The van der Waals surface area contributed by atoms with E-state index in [4.69, 9.17) is 5.73 Å². The van der Waals surface area contributed by atoms with Crippen molar-refractivity contribution in [2.24, 2.45) is 22.1 Å². The number of hydrogen-bond acceptors (Lipinski definition) is 2. The summed E-state index contributed by atoms with van der Waals surface area (Å²) in [6.45, 7) is 7.84. The summed E-state index contributed by atoms with van der Waals surface area (Å²) in [6.07, 6.45) is 3.39. The Hall–Kier alpha value is -0.240. The zero-order chi connectivity index (χ0) is 9.19. The van der Waals surface area contributed by atoms with Crippen LogP contribution in [0.15, 0.2) is 4.99 Å². The fourth-order valence-electron chi connectivity index (χ4n) is 1.78. The molecule has 1 heterocycles. The topological polar surface area (TPSA) is 38.4 Å². The monoisotopic (exact) mass is 204 g/mol. The van der Waals surface area contributed by atoms with Crippen molar-refractivity contribution in [1.82, 2.24) is 0 Å². The van der Waals surface area contributed by atoms with E-state index >= 15 is 0 Å². The molecule has 1 atom stereocenters. The maximum absolute atomic E-state index is 5.69. The van der Waals surface area contributed by atoms with Crippen LogP contribution < -0.4 is 5.73 Å². The van der Waals surface area contributed by atoms with Gasteiger partial charge in [-0.3, -0.25) is 4.99 Å². The molecule has 2 nitrogen and oxygen atoms in total. The van der Waals surface area contributed by atoms with Crippen molar-refractivity contribution in [3.8, 4) is 0 Å². The number of amidine groups is 1. The van der Waals surface area contributed by atoms with Gasteiger partial charge in [-0.05, 0) is 24.2 Å². The molecule has 0 fully saturated rings. The van der Waals surface area contributed by atoms with Crippen molar-refractivity contribution >= 4 is 18.2 Å². The van der Waals surface area contributed by atoms with E-state index in [-0.39, 0.29) is 12.4 Å². The van der Waals surface area contributed by atoms with Gasteiger partial charge in [0.25, 0.3) is 0 Å². The number of hydrogen-bond donors (Lipinski definition) is 1. The van der Waals surface area contributed by atoms with Crippen LogP contribution in [0.3, 0.4) is 0 Å². The number of nitrogens with two attached hydrogens (primary N) is 1. The number of halogens is 1. The molecule has 0 aromatic rings. The molecule has 0 amide bonds. The van der Waals surface area contributed by atoms with Crippen molar-refractivity contribution in [2.75, 3.05) is 6.54 Å². The van der Waals surface area contributed by atoms with Crippen molar-refractivity contribution in [3.63, 3.8) is 0 Å². The molecule has 1 rings (SSSR count). The summed E-state index contributed by atoms with van der Waals surface area (Å²) in [7, 11) is 0. The SMILES string of the molecule is CC(C)(C)C1CCN=C(N)CC1.Cl. The molecule has 2 N–H and O–H groups in total. The van der Waals surface area contributed by atoms with Gasteiger partial charge in [-0.2, -0.15) is 0 Å². The standard InChI is InChI=1S/C10H20N2.ClH/c1-10(2,3)8-4-5-9(11)12-7-6-8;/h8H,4-7H2,1-3H3,(H2,11,12);1H. The van der Waals surface area contributed by atoms with Gasteiger partial charge >= 0.3 is 0 Å². The molecule has 1 unspecified atom stereocenters. The van der Waals surface area contributed by atoms with Crippen LogP contribution in [0.25, 0.3) is 0 Å². The Morgan fingerprint density at radius 2 is 1.92 bits per heavy atom. The summed E-state index contributed by atoms with van der Waals surface area (Å²) in [4.78, 5) is 4.28. The number of rotatable bonds is 0. The predicted molar refractivity (Wildman–Crippen MR) is 60.5 cm³/mol. The van der Waals surface area contributed by atoms with Gasteiger partial charge in [0.15, 0.2) is 0 Å². The number of aliphatic imine (C=N–C) groups is 1. The molecule has 78 valence electrons. The van der Waals surface area contributed by atoms with Gasteiger partial charge in [-0.15, -0.1) is 12.4 Å². The molecule has 13 heavy (non-hydrogen) atoms. The predicted octanol–water partition coefficient (Wildman–Crippen LogP) is 2.61. The highest BCUT2D eigenvalue weighted by Crippen LogP contribution is 2.33. The lowest BCUT2D eigenvalue weighted by Gasteiger charge is -2.29. The second kappa shape index (κ2) is 4.85. The zero-order valence-electron chi connectivity index (χ0n) is 8.84. The van der Waals surface area contributed by atoms with Crippen LogP contribution in [-0.2, 0) is 0 Å². The minimum absolute atomic E-state index is 0. The quantitative estimate of drug-likeness (QED) is 0.648. The average molecular weight is 205 g/mol. The summed E-state index contributed by atoms with van der Waals surface area (Å²) in [5.74, 6) is 1.63. The molecule has 0 bridgehead atoms. The van der Waals surface area contributed by atoms with Crippen molar-refractivity contribution in [1.29, 1.82) is 0 Å². The lowest BCUT2D eigenvalue weighted by molar-refractivity contribution is 0.221. The highest BCUT2D eigenvalue weighted by atomic mass is 35.5. The van der Waals surface area contributed by atoms with E-state index in [0.29, 0.717) is 5.41 Å². The lowest BCUT2D eigenvalue weighted by Crippen LogP contribution is -2.21.